The second-order valence-electron chi connectivity index (χ2n) is 2.49. The first-order valence-corrected chi connectivity index (χ1v) is 3.84. The molecule has 1 unspecified atom stereocenters. The lowest BCUT2D eigenvalue weighted by molar-refractivity contribution is -0.140. The van der Waals surface area contributed by atoms with Gasteiger partial charge in [-0.3, -0.25) is 9.59 Å². The van der Waals surface area contributed by atoms with Crippen molar-refractivity contribution in [3.63, 3.8) is 0 Å². The lowest BCUT2D eigenvalue weighted by Crippen LogP contribution is -2.39. The number of carboxylic acids is 1. The summed E-state index contributed by atoms with van der Waals surface area (Å²) in [6.45, 7) is 1.31. The monoisotopic (exact) mass is 197 g/mol. The fourth-order valence-electron chi connectivity index (χ4n) is 0.629. The molecule has 6 nitrogen and oxygen atoms in total. The van der Waals surface area contributed by atoms with Gasteiger partial charge in [0.1, 0.15) is 17.7 Å². The van der Waals surface area contributed by atoms with Gasteiger partial charge in [0.15, 0.2) is 0 Å². The van der Waals surface area contributed by atoms with Crippen molar-refractivity contribution in [3.05, 3.63) is 11.8 Å². The minimum absolute atomic E-state index is 0.166. The molecule has 1 atom stereocenters. The van der Waals surface area contributed by atoms with E-state index < -0.39 is 17.9 Å². The summed E-state index contributed by atoms with van der Waals surface area (Å²) < 4.78 is 0. The molecule has 14 heavy (non-hydrogen) atoms. The molecule has 1 amide bonds. The van der Waals surface area contributed by atoms with E-state index >= 15 is 0 Å². The summed E-state index contributed by atoms with van der Waals surface area (Å²) in [4.78, 5) is 21.5. The van der Waals surface area contributed by atoms with Gasteiger partial charge in [-0.1, -0.05) is 0 Å². The van der Waals surface area contributed by atoms with Crippen molar-refractivity contribution in [2.75, 3.05) is 7.05 Å². The van der Waals surface area contributed by atoms with Crippen molar-refractivity contribution in [1.82, 2.24) is 10.6 Å². The molecule has 6 heteroatoms. The molecule has 76 valence electrons. The van der Waals surface area contributed by atoms with Crippen molar-refractivity contribution >= 4 is 11.9 Å². The highest BCUT2D eigenvalue weighted by Gasteiger charge is 2.16. The molecule has 0 fully saturated rings. The van der Waals surface area contributed by atoms with Gasteiger partial charge in [0.05, 0.1) is 0 Å². The molecule has 3 N–H and O–H groups in total. The topological polar surface area (TPSA) is 102 Å². The molecule has 0 aromatic heterocycles. The molecule has 0 aliphatic carbocycles. The summed E-state index contributed by atoms with van der Waals surface area (Å²) >= 11 is 0. The number of amides is 1. The van der Waals surface area contributed by atoms with Crippen LogP contribution in [-0.4, -0.2) is 30.1 Å². The molecular formula is C8H11N3O3. The largest absolute Gasteiger partial charge is 0.480 e. The Balaban J connectivity index is 4.42. The van der Waals surface area contributed by atoms with Crippen LogP contribution >= 0.6 is 0 Å². The normalized spacial score (nSPS) is 12.5. The zero-order valence-corrected chi connectivity index (χ0v) is 7.87. The van der Waals surface area contributed by atoms with Crippen LogP contribution in [-0.2, 0) is 9.59 Å². The third-order valence-corrected chi connectivity index (χ3v) is 1.37. The van der Waals surface area contributed by atoms with Crippen LogP contribution in [0.4, 0.5) is 0 Å². The maximum Gasteiger partial charge on any atom is 0.325 e. The van der Waals surface area contributed by atoms with Crippen LogP contribution < -0.4 is 10.6 Å². The molecule has 0 aromatic carbocycles. The molecule has 0 bridgehead atoms. The molecule has 0 radical (unpaired) electrons. The van der Waals surface area contributed by atoms with Crippen LogP contribution in [0.2, 0.25) is 0 Å². The van der Waals surface area contributed by atoms with Crippen molar-refractivity contribution in [1.29, 1.82) is 5.26 Å². The number of nitrogens with zero attached hydrogens (tertiary/aromatic N) is 1. The van der Waals surface area contributed by atoms with E-state index in [-0.39, 0.29) is 5.57 Å². The Hall–Kier alpha value is -2.03. The van der Waals surface area contributed by atoms with Crippen molar-refractivity contribution in [2.24, 2.45) is 0 Å². The zero-order chi connectivity index (χ0) is 11.1. The summed E-state index contributed by atoms with van der Waals surface area (Å²) in [6.07, 6.45) is 1.20. The van der Waals surface area contributed by atoms with E-state index in [0.717, 1.165) is 0 Å². The van der Waals surface area contributed by atoms with Crippen LogP contribution in [0.1, 0.15) is 6.92 Å². The number of rotatable bonds is 4. The third-order valence-electron chi connectivity index (χ3n) is 1.37. The van der Waals surface area contributed by atoms with Gasteiger partial charge in [-0.05, 0) is 6.92 Å². The smallest absolute Gasteiger partial charge is 0.325 e. The van der Waals surface area contributed by atoms with Gasteiger partial charge < -0.3 is 15.7 Å². The Kier molecular flexibility index (Phi) is 4.78. The van der Waals surface area contributed by atoms with E-state index in [2.05, 4.69) is 10.6 Å². The first-order chi connectivity index (χ1) is 6.52. The number of hydrogen-bond acceptors (Lipinski definition) is 4. The molecular weight excluding hydrogens is 186 g/mol. The van der Waals surface area contributed by atoms with Crippen LogP contribution in [0, 0.1) is 11.3 Å². The van der Waals surface area contributed by atoms with Gasteiger partial charge in [-0.15, -0.1) is 0 Å². The molecule has 0 aromatic rings. The van der Waals surface area contributed by atoms with Gasteiger partial charge in [0.25, 0.3) is 5.91 Å². The van der Waals surface area contributed by atoms with Crippen LogP contribution in [0.3, 0.4) is 0 Å². The SMILES string of the molecule is CN/C=C(/C#N)C(=O)NC(C)C(=O)O. The maximum absolute atomic E-state index is 11.2. The first-order valence-electron chi connectivity index (χ1n) is 3.84. The number of aliphatic carboxylic acids is 1. The van der Waals surface area contributed by atoms with E-state index in [1.807, 2.05) is 0 Å². The Morgan fingerprint density at radius 1 is 1.57 bits per heavy atom. The van der Waals surface area contributed by atoms with Crippen molar-refractivity contribution in [2.45, 2.75) is 13.0 Å². The predicted molar refractivity (Wildman–Crippen MR) is 48.0 cm³/mol. The van der Waals surface area contributed by atoms with Gasteiger partial charge in [0, 0.05) is 13.2 Å². The van der Waals surface area contributed by atoms with Gasteiger partial charge in [-0.25, -0.2) is 0 Å². The average molecular weight is 197 g/mol. The van der Waals surface area contributed by atoms with Gasteiger partial charge in [0.2, 0.25) is 0 Å². The van der Waals surface area contributed by atoms with E-state index in [0.29, 0.717) is 0 Å². The first kappa shape index (κ1) is 12.0. The maximum atomic E-state index is 11.2. The highest BCUT2D eigenvalue weighted by molar-refractivity contribution is 5.98. The van der Waals surface area contributed by atoms with Gasteiger partial charge >= 0.3 is 5.97 Å². The number of nitriles is 1. The lowest BCUT2D eigenvalue weighted by Gasteiger charge is -2.07. The van der Waals surface area contributed by atoms with Gasteiger partial charge in [-0.2, -0.15) is 5.26 Å². The number of carbonyl (C=O) groups excluding carboxylic acids is 1. The third kappa shape index (κ3) is 3.58. The average Bonchev–Trinajstić information content (AvgIpc) is 2.13. The highest BCUT2D eigenvalue weighted by atomic mass is 16.4. The quantitative estimate of drug-likeness (QED) is 0.404. The van der Waals surface area contributed by atoms with Crippen molar-refractivity contribution < 1.29 is 14.7 Å². The number of hydrogen-bond donors (Lipinski definition) is 3. The summed E-state index contributed by atoms with van der Waals surface area (Å²) in [6, 6.07) is 0.623. The molecule has 0 heterocycles. The highest BCUT2D eigenvalue weighted by Crippen LogP contribution is 1.92. The number of carbonyl (C=O) groups is 2. The molecule has 0 saturated heterocycles. The Bertz CT molecular complexity index is 303. The number of carboxylic acid groups (broad SMARTS) is 1. The summed E-state index contributed by atoms with van der Waals surface area (Å²) in [5.74, 6) is -1.86. The van der Waals surface area contributed by atoms with Crippen LogP contribution in [0.15, 0.2) is 11.8 Å². The Labute approximate surface area is 81.2 Å². The molecule has 0 aliphatic heterocycles. The lowest BCUT2D eigenvalue weighted by atomic mass is 10.2. The Morgan fingerprint density at radius 3 is 2.50 bits per heavy atom. The second-order valence-corrected chi connectivity index (χ2v) is 2.49. The predicted octanol–water partition coefficient (Wildman–Crippen LogP) is -0.797. The molecule has 0 rings (SSSR count). The van der Waals surface area contributed by atoms with Crippen LogP contribution in [0.5, 0.6) is 0 Å². The fraction of sp³-hybridized carbons (Fsp3) is 0.375. The second kappa shape index (κ2) is 5.59. The minimum Gasteiger partial charge on any atom is -0.480 e. The molecule has 0 saturated carbocycles. The van der Waals surface area contributed by atoms with Crippen molar-refractivity contribution in [3.8, 4) is 6.07 Å². The fourth-order valence-corrected chi connectivity index (χ4v) is 0.629. The number of nitrogens with one attached hydrogen (secondary N) is 2. The van der Waals surface area contributed by atoms with E-state index in [1.165, 1.54) is 20.2 Å². The Morgan fingerprint density at radius 2 is 2.14 bits per heavy atom. The zero-order valence-electron chi connectivity index (χ0n) is 7.87. The van der Waals surface area contributed by atoms with E-state index in [9.17, 15) is 9.59 Å². The molecule has 0 spiro atoms. The summed E-state index contributed by atoms with van der Waals surface area (Å²) in [7, 11) is 1.53. The summed E-state index contributed by atoms with van der Waals surface area (Å²) in [5.41, 5.74) is -0.166. The minimum atomic E-state index is -1.15. The summed E-state index contributed by atoms with van der Waals surface area (Å²) in [5, 5.41) is 21.7. The standard InChI is InChI=1S/C8H11N3O3/c1-5(8(13)14)11-7(12)6(3-9)4-10-2/h4-5,10H,1-2H3,(H,11,12)(H,13,14)/b6-4-. The van der Waals surface area contributed by atoms with E-state index in [4.69, 9.17) is 10.4 Å². The molecule has 0 aliphatic rings. The van der Waals surface area contributed by atoms with Crippen LogP contribution in [0.25, 0.3) is 0 Å². The van der Waals surface area contributed by atoms with E-state index in [1.54, 1.807) is 6.07 Å².